The summed E-state index contributed by atoms with van der Waals surface area (Å²) < 4.78 is 0. The molecule has 2 aromatic rings. The van der Waals surface area contributed by atoms with Gasteiger partial charge in [-0.25, -0.2) is 0 Å². The predicted molar refractivity (Wildman–Crippen MR) is 79.8 cm³/mol. The minimum Gasteiger partial charge on any atom is -0.294 e. The van der Waals surface area contributed by atoms with E-state index < -0.39 is 0 Å². The van der Waals surface area contributed by atoms with Gasteiger partial charge in [0.2, 0.25) is 0 Å². The van der Waals surface area contributed by atoms with E-state index >= 15 is 0 Å². The summed E-state index contributed by atoms with van der Waals surface area (Å²) in [6.45, 7) is 0. The van der Waals surface area contributed by atoms with Gasteiger partial charge in [-0.3, -0.25) is 4.79 Å². The highest BCUT2D eigenvalue weighted by molar-refractivity contribution is 7.98. The van der Waals surface area contributed by atoms with Crippen molar-refractivity contribution in [2.75, 3.05) is 6.26 Å². The Kier molecular flexibility index (Phi) is 3.43. The standard InChI is InChI=1S/C17H16OS/c1-19-16-10-6-5-9-13(16)17(18)15-11-14(15)12-7-3-2-4-8-12/h2-10,14-15H,11H2,1H3. The van der Waals surface area contributed by atoms with Gasteiger partial charge in [-0.1, -0.05) is 48.5 Å². The Hall–Kier alpha value is -1.54. The molecule has 0 saturated heterocycles. The van der Waals surface area contributed by atoms with E-state index in [9.17, 15) is 4.79 Å². The van der Waals surface area contributed by atoms with Crippen molar-refractivity contribution < 1.29 is 4.79 Å². The third-order valence-corrected chi connectivity index (χ3v) is 4.52. The first-order valence-corrected chi connectivity index (χ1v) is 7.76. The zero-order valence-corrected chi connectivity index (χ0v) is 11.7. The normalized spacial score (nSPS) is 21.1. The SMILES string of the molecule is CSc1ccccc1C(=O)C1CC1c1ccccc1. The van der Waals surface area contributed by atoms with Gasteiger partial charge in [-0.2, -0.15) is 0 Å². The average Bonchev–Trinajstić information content (AvgIpc) is 3.28. The number of Topliss-reactive ketones (excluding diaryl/α,β-unsaturated/α-hetero) is 1. The van der Waals surface area contributed by atoms with Crippen LogP contribution < -0.4 is 0 Å². The van der Waals surface area contributed by atoms with E-state index in [-0.39, 0.29) is 5.92 Å². The van der Waals surface area contributed by atoms with Gasteiger partial charge >= 0.3 is 0 Å². The Labute approximate surface area is 118 Å². The number of rotatable bonds is 4. The fourth-order valence-corrected chi connectivity index (χ4v) is 3.20. The molecular formula is C17H16OS. The average molecular weight is 268 g/mol. The first-order valence-electron chi connectivity index (χ1n) is 6.53. The van der Waals surface area contributed by atoms with Crippen molar-refractivity contribution >= 4 is 17.5 Å². The lowest BCUT2D eigenvalue weighted by atomic mass is 10.0. The van der Waals surface area contributed by atoms with Crippen LogP contribution in [0, 0.1) is 5.92 Å². The quantitative estimate of drug-likeness (QED) is 0.604. The maximum atomic E-state index is 12.6. The molecule has 0 bridgehead atoms. The van der Waals surface area contributed by atoms with Crippen molar-refractivity contribution in [1.29, 1.82) is 0 Å². The zero-order valence-electron chi connectivity index (χ0n) is 10.9. The summed E-state index contributed by atoms with van der Waals surface area (Å²) in [4.78, 5) is 13.6. The monoisotopic (exact) mass is 268 g/mol. The lowest BCUT2D eigenvalue weighted by Crippen LogP contribution is -2.04. The van der Waals surface area contributed by atoms with Gasteiger partial charge in [-0.15, -0.1) is 11.8 Å². The van der Waals surface area contributed by atoms with Crippen LogP contribution in [0.4, 0.5) is 0 Å². The number of benzene rings is 2. The van der Waals surface area contributed by atoms with Crippen LogP contribution >= 0.6 is 11.8 Å². The Bertz CT molecular complexity index is 591. The Morgan fingerprint density at radius 3 is 2.47 bits per heavy atom. The highest BCUT2D eigenvalue weighted by Crippen LogP contribution is 2.49. The maximum absolute atomic E-state index is 12.6. The molecule has 0 aromatic heterocycles. The summed E-state index contributed by atoms with van der Waals surface area (Å²) in [5, 5.41) is 0. The van der Waals surface area contributed by atoms with E-state index in [1.54, 1.807) is 11.8 Å². The van der Waals surface area contributed by atoms with Crippen molar-refractivity contribution in [2.45, 2.75) is 17.2 Å². The number of ketones is 1. The van der Waals surface area contributed by atoms with E-state index in [0.717, 1.165) is 16.9 Å². The zero-order chi connectivity index (χ0) is 13.2. The van der Waals surface area contributed by atoms with Crippen LogP contribution in [0.15, 0.2) is 59.5 Å². The third kappa shape index (κ3) is 2.45. The second-order valence-corrected chi connectivity index (χ2v) is 5.77. The number of carbonyl (C=O) groups excluding carboxylic acids is 1. The van der Waals surface area contributed by atoms with Crippen LogP contribution in [0.25, 0.3) is 0 Å². The van der Waals surface area contributed by atoms with Gasteiger partial charge in [0, 0.05) is 16.4 Å². The third-order valence-electron chi connectivity index (χ3n) is 3.73. The summed E-state index contributed by atoms with van der Waals surface area (Å²) >= 11 is 1.65. The molecule has 1 saturated carbocycles. The molecule has 0 N–H and O–H groups in total. The van der Waals surface area contributed by atoms with Gasteiger partial charge in [0.25, 0.3) is 0 Å². The predicted octanol–water partition coefficient (Wildman–Crippen LogP) is 4.39. The molecule has 96 valence electrons. The molecule has 2 aromatic carbocycles. The van der Waals surface area contributed by atoms with Gasteiger partial charge in [0.15, 0.2) is 5.78 Å². The molecule has 1 aliphatic rings. The summed E-state index contributed by atoms with van der Waals surface area (Å²) in [6, 6.07) is 18.3. The van der Waals surface area contributed by atoms with E-state index in [0.29, 0.717) is 11.7 Å². The minimum atomic E-state index is 0.177. The highest BCUT2D eigenvalue weighted by atomic mass is 32.2. The number of hydrogen-bond acceptors (Lipinski definition) is 2. The fraction of sp³-hybridized carbons (Fsp3) is 0.235. The molecule has 1 nitrogen and oxygen atoms in total. The molecule has 3 rings (SSSR count). The maximum Gasteiger partial charge on any atom is 0.167 e. The molecule has 2 atom stereocenters. The molecular weight excluding hydrogens is 252 g/mol. The van der Waals surface area contributed by atoms with Gasteiger partial charge in [0.05, 0.1) is 0 Å². The Morgan fingerprint density at radius 1 is 1.05 bits per heavy atom. The van der Waals surface area contributed by atoms with E-state index in [4.69, 9.17) is 0 Å². The summed E-state index contributed by atoms with van der Waals surface area (Å²) in [5.74, 6) is 0.901. The van der Waals surface area contributed by atoms with Crippen LogP contribution in [0.5, 0.6) is 0 Å². The van der Waals surface area contributed by atoms with Crippen molar-refractivity contribution in [3.8, 4) is 0 Å². The summed E-state index contributed by atoms with van der Waals surface area (Å²) in [7, 11) is 0. The first-order chi connectivity index (χ1) is 9.31. The summed E-state index contributed by atoms with van der Waals surface area (Å²) in [5.41, 5.74) is 2.18. The van der Waals surface area contributed by atoms with Crippen LogP contribution in [-0.2, 0) is 0 Å². The summed E-state index contributed by atoms with van der Waals surface area (Å²) in [6.07, 6.45) is 3.01. The van der Waals surface area contributed by atoms with Crippen molar-refractivity contribution in [3.05, 3.63) is 65.7 Å². The molecule has 0 spiro atoms. The molecule has 0 amide bonds. The van der Waals surface area contributed by atoms with Crippen molar-refractivity contribution in [1.82, 2.24) is 0 Å². The van der Waals surface area contributed by atoms with Crippen LogP contribution in [0.1, 0.15) is 28.3 Å². The van der Waals surface area contributed by atoms with E-state index in [1.807, 2.05) is 48.7 Å². The second kappa shape index (κ2) is 5.22. The van der Waals surface area contributed by atoms with Crippen LogP contribution in [0.3, 0.4) is 0 Å². The molecule has 2 heteroatoms. The Balaban J connectivity index is 1.80. The number of hydrogen-bond donors (Lipinski definition) is 0. The van der Waals surface area contributed by atoms with Gasteiger partial charge in [-0.05, 0) is 30.2 Å². The number of thioether (sulfide) groups is 1. The van der Waals surface area contributed by atoms with Crippen LogP contribution in [0.2, 0.25) is 0 Å². The smallest absolute Gasteiger partial charge is 0.167 e. The highest BCUT2D eigenvalue weighted by Gasteiger charge is 2.44. The van der Waals surface area contributed by atoms with E-state index in [2.05, 4.69) is 12.1 Å². The second-order valence-electron chi connectivity index (χ2n) is 4.92. The lowest BCUT2D eigenvalue weighted by Gasteiger charge is -2.06. The van der Waals surface area contributed by atoms with Crippen molar-refractivity contribution in [3.63, 3.8) is 0 Å². The number of carbonyl (C=O) groups is 1. The van der Waals surface area contributed by atoms with Crippen molar-refractivity contribution in [2.24, 2.45) is 5.92 Å². The molecule has 0 radical (unpaired) electrons. The minimum absolute atomic E-state index is 0.177. The van der Waals surface area contributed by atoms with E-state index in [1.165, 1.54) is 5.56 Å². The topological polar surface area (TPSA) is 17.1 Å². The fourth-order valence-electron chi connectivity index (χ4n) is 2.60. The Morgan fingerprint density at radius 2 is 1.74 bits per heavy atom. The molecule has 0 aliphatic heterocycles. The molecule has 1 aliphatic carbocycles. The molecule has 2 unspecified atom stereocenters. The molecule has 19 heavy (non-hydrogen) atoms. The van der Waals surface area contributed by atoms with Gasteiger partial charge < -0.3 is 0 Å². The van der Waals surface area contributed by atoms with Crippen LogP contribution in [-0.4, -0.2) is 12.0 Å². The van der Waals surface area contributed by atoms with Gasteiger partial charge in [0.1, 0.15) is 0 Å². The largest absolute Gasteiger partial charge is 0.294 e. The first kappa shape index (κ1) is 12.5. The molecule has 0 heterocycles. The lowest BCUT2D eigenvalue weighted by molar-refractivity contribution is 0.0962. The molecule has 1 fully saturated rings.